The molecule has 1 atom stereocenters. The van der Waals surface area contributed by atoms with Gasteiger partial charge in [0.25, 0.3) is 11.6 Å². The number of carbonyl (C=O) groups is 2. The maximum absolute atomic E-state index is 14.7. The Bertz CT molecular complexity index is 1220. The number of halogens is 4. The molecular formula is C23H17BrClF2N3O3. The average Bonchev–Trinajstić information content (AvgIpc) is 2.77. The molecule has 170 valence electrons. The van der Waals surface area contributed by atoms with Gasteiger partial charge in [-0.2, -0.15) is 0 Å². The fourth-order valence-corrected chi connectivity index (χ4v) is 4.12. The molecule has 0 aromatic heterocycles. The summed E-state index contributed by atoms with van der Waals surface area (Å²) in [5.74, 6) is -3.25. The van der Waals surface area contributed by atoms with Gasteiger partial charge in [0.15, 0.2) is 0 Å². The van der Waals surface area contributed by atoms with E-state index in [4.69, 9.17) is 11.6 Å². The Morgan fingerprint density at radius 1 is 1.12 bits per heavy atom. The minimum atomic E-state index is -2.73. The zero-order valence-electron chi connectivity index (χ0n) is 16.9. The summed E-state index contributed by atoms with van der Waals surface area (Å²) in [6.07, 6.45) is 0.393. The highest BCUT2D eigenvalue weighted by Gasteiger charge is 2.53. The Kier molecular flexibility index (Phi) is 6.38. The number of carbonyl (C=O) groups excluding carboxylic acids is 2. The molecule has 3 aromatic carbocycles. The first-order valence-corrected chi connectivity index (χ1v) is 11.0. The van der Waals surface area contributed by atoms with Gasteiger partial charge >= 0.3 is 6.03 Å². The molecule has 33 heavy (non-hydrogen) atoms. The molecule has 0 aliphatic carbocycles. The number of rotatable bonds is 5. The summed E-state index contributed by atoms with van der Waals surface area (Å²) in [4.78, 5) is 26.6. The van der Waals surface area contributed by atoms with Crippen LogP contribution in [0, 0.1) is 11.6 Å². The molecule has 3 amide bonds. The summed E-state index contributed by atoms with van der Waals surface area (Å²) in [5, 5.41) is 17.3. The first-order valence-electron chi connectivity index (χ1n) is 9.82. The maximum Gasteiger partial charge on any atom is 0.329 e. The van der Waals surface area contributed by atoms with Crippen LogP contribution in [-0.2, 0) is 16.9 Å². The van der Waals surface area contributed by atoms with Gasteiger partial charge in [0.05, 0.1) is 5.69 Å². The summed E-state index contributed by atoms with van der Waals surface area (Å²) >= 11 is 9.15. The lowest BCUT2D eigenvalue weighted by atomic mass is 9.94. The lowest BCUT2D eigenvalue weighted by Crippen LogP contribution is -2.63. The number of amides is 3. The Hall–Kier alpha value is -3.01. The van der Waals surface area contributed by atoms with E-state index in [0.717, 1.165) is 23.8 Å². The van der Waals surface area contributed by atoms with Crippen molar-refractivity contribution in [1.29, 1.82) is 0 Å². The highest BCUT2D eigenvalue weighted by Crippen LogP contribution is 2.42. The predicted molar refractivity (Wildman–Crippen MR) is 124 cm³/mol. The number of anilines is 2. The van der Waals surface area contributed by atoms with Crippen molar-refractivity contribution >= 4 is 50.8 Å². The van der Waals surface area contributed by atoms with Crippen LogP contribution in [-0.4, -0.2) is 23.6 Å². The smallest absolute Gasteiger partial charge is 0.329 e. The van der Waals surface area contributed by atoms with Gasteiger partial charge in [-0.1, -0.05) is 45.7 Å². The van der Waals surface area contributed by atoms with Crippen LogP contribution in [0.1, 0.15) is 11.1 Å². The van der Waals surface area contributed by atoms with E-state index in [1.54, 1.807) is 30.3 Å². The monoisotopic (exact) mass is 535 g/mol. The molecule has 0 saturated heterocycles. The molecule has 0 spiro atoms. The molecule has 0 radical (unpaired) electrons. The van der Waals surface area contributed by atoms with E-state index in [9.17, 15) is 23.5 Å². The van der Waals surface area contributed by atoms with Crippen LogP contribution in [0.25, 0.3) is 0 Å². The Morgan fingerprint density at radius 3 is 2.45 bits per heavy atom. The van der Waals surface area contributed by atoms with Crippen molar-refractivity contribution in [2.24, 2.45) is 0 Å². The molecule has 0 bridgehead atoms. The standard InChI is InChI=1S/C23H17BrClF2N3O3/c24-14-6-9-19-16(12-14)23(33,21(31)28-11-10-13-4-7-15(25)8-5-13)30(22(32)29-19)20-17(26)2-1-3-18(20)27/h1-9,12,33H,10-11H2,(H,28,31)(H,29,32). The zero-order valence-corrected chi connectivity index (χ0v) is 19.3. The molecule has 6 nitrogen and oxygen atoms in total. The summed E-state index contributed by atoms with van der Waals surface area (Å²) in [5.41, 5.74) is -2.64. The number of benzene rings is 3. The van der Waals surface area contributed by atoms with Gasteiger partial charge in [0.1, 0.15) is 17.3 Å². The molecule has 3 aromatic rings. The fraction of sp³-hybridized carbons (Fsp3) is 0.130. The second kappa shape index (κ2) is 9.09. The van der Waals surface area contributed by atoms with Gasteiger partial charge in [-0.25, -0.2) is 18.5 Å². The maximum atomic E-state index is 14.7. The number of nitrogens with zero attached hydrogens (tertiary/aromatic N) is 1. The highest BCUT2D eigenvalue weighted by molar-refractivity contribution is 9.10. The summed E-state index contributed by atoms with van der Waals surface area (Å²) < 4.78 is 29.8. The van der Waals surface area contributed by atoms with Crippen molar-refractivity contribution in [3.8, 4) is 0 Å². The van der Waals surface area contributed by atoms with Crippen molar-refractivity contribution in [3.05, 3.63) is 92.9 Å². The van der Waals surface area contributed by atoms with Crippen molar-refractivity contribution in [1.82, 2.24) is 5.32 Å². The number of para-hydroxylation sites is 1. The lowest BCUT2D eigenvalue weighted by molar-refractivity contribution is -0.140. The molecular weight excluding hydrogens is 520 g/mol. The van der Waals surface area contributed by atoms with Crippen LogP contribution in [0.5, 0.6) is 0 Å². The van der Waals surface area contributed by atoms with E-state index in [1.807, 2.05) is 0 Å². The second-order valence-electron chi connectivity index (χ2n) is 7.33. The number of nitrogens with one attached hydrogen (secondary N) is 2. The van der Waals surface area contributed by atoms with Gasteiger partial charge in [0.2, 0.25) is 0 Å². The summed E-state index contributed by atoms with van der Waals surface area (Å²) in [7, 11) is 0. The van der Waals surface area contributed by atoms with Gasteiger partial charge in [-0.3, -0.25) is 4.79 Å². The Balaban J connectivity index is 1.74. The third kappa shape index (κ3) is 4.31. The van der Waals surface area contributed by atoms with E-state index < -0.39 is 35.0 Å². The minimum absolute atomic E-state index is 0.0527. The number of fused-ring (bicyclic) bond motifs is 1. The van der Waals surface area contributed by atoms with Crippen LogP contribution in [0.2, 0.25) is 5.02 Å². The number of hydrogen-bond donors (Lipinski definition) is 3. The largest absolute Gasteiger partial charge is 0.359 e. The van der Waals surface area contributed by atoms with Crippen LogP contribution < -0.4 is 15.5 Å². The zero-order chi connectivity index (χ0) is 23.8. The van der Waals surface area contributed by atoms with E-state index in [1.165, 1.54) is 12.1 Å². The van der Waals surface area contributed by atoms with Crippen LogP contribution in [0.4, 0.5) is 25.0 Å². The van der Waals surface area contributed by atoms with E-state index >= 15 is 0 Å². The summed E-state index contributed by atoms with van der Waals surface area (Å²) in [6, 6.07) is 13.4. The van der Waals surface area contributed by atoms with Crippen molar-refractivity contribution < 1.29 is 23.5 Å². The Labute approximate surface area is 201 Å². The van der Waals surface area contributed by atoms with E-state index in [0.29, 0.717) is 20.8 Å². The van der Waals surface area contributed by atoms with E-state index in [-0.39, 0.29) is 17.8 Å². The molecule has 0 fully saturated rings. The normalized spacial score (nSPS) is 17.4. The van der Waals surface area contributed by atoms with E-state index in [2.05, 4.69) is 26.6 Å². The van der Waals surface area contributed by atoms with Crippen molar-refractivity contribution in [2.45, 2.75) is 12.1 Å². The minimum Gasteiger partial charge on any atom is -0.359 e. The number of hydrogen-bond acceptors (Lipinski definition) is 3. The predicted octanol–water partition coefficient (Wildman–Crippen LogP) is 4.94. The molecule has 1 heterocycles. The second-order valence-corrected chi connectivity index (χ2v) is 8.68. The summed E-state index contributed by atoms with van der Waals surface area (Å²) in [6.45, 7) is 0.0846. The quantitative estimate of drug-likeness (QED) is 0.432. The van der Waals surface area contributed by atoms with Crippen LogP contribution in [0.3, 0.4) is 0 Å². The molecule has 0 saturated carbocycles. The lowest BCUT2D eigenvalue weighted by Gasteiger charge is -2.42. The highest BCUT2D eigenvalue weighted by atomic mass is 79.9. The van der Waals surface area contributed by atoms with Crippen molar-refractivity contribution in [2.75, 3.05) is 16.8 Å². The van der Waals surface area contributed by atoms with Gasteiger partial charge < -0.3 is 15.7 Å². The third-order valence-electron chi connectivity index (χ3n) is 5.22. The molecule has 1 aliphatic rings. The first kappa shape index (κ1) is 23.2. The number of aliphatic hydroxyl groups is 1. The molecule has 1 aliphatic heterocycles. The van der Waals surface area contributed by atoms with Gasteiger partial charge in [-0.15, -0.1) is 0 Å². The molecule has 3 N–H and O–H groups in total. The third-order valence-corrected chi connectivity index (χ3v) is 5.96. The van der Waals surface area contributed by atoms with Crippen LogP contribution in [0.15, 0.2) is 65.1 Å². The number of urea groups is 1. The van der Waals surface area contributed by atoms with Gasteiger partial charge in [0, 0.05) is 21.6 Å². The molecule has 4 rings (SSSR count). The van der Waals surface area contributed by atoms with Gasteiger partial charge in [-0.05, 0) is 54.4 Å². The average molecular weight is 537 g/mol. The molecule has 10 heteroatoms. The fourth-order valence-electron chi connectivity index (χ4n) is 3.64. The van der Waals surface area contributed by atoms with Crippen LogP contribution >= 0.6 is 27.5 Å². The Morgan fingerprint density at radius 2 is 1.79 bits per heavy atom. The first-order chi connectivity index (χ1) is 15.7. The SMILES string of the molecule is O=C1Nc2ccc(Br)cc2C(O)(C(=O)NCCc2ccc(Cl)cc2)N1c1c(F)cccc1F. The van der Waals surface area contributed by atoms with Crippen molar-refractivity contribution in [3.63, 3.8) is 0 Å². The molecule has 1 unspecified atom stereocenters. The topological polar surface area (TPSA) is 81.7 Å².